The maximum absolute atomic E-state index is 13.7. The summed E-state index contributed by atoms with van der Waals surface area (Å²) >= 11 is 0. The molecule has 0 aliphatic heterocycles. The van der Waals surface area contributed by atoms with Crippen LogP contribution < -0.4 is 5.32 Å². The van der Waals surface area contributed by atoms with E-state index >= 15 is 0 Å². The van der Waals surface area contributed by atoms with Gasteiger partial charge in [0, 0.05) is 36.0 Å². The number of rotatable bonds is 3. The molecule has 128 valence electrons. The first-order valence-electron chi connectivity index (χ1n) is 8.01. The highest BCUT2D eigenvalue weighted by atomic mass is 19.2. The molecule has 0 saturated heterocycles. The van der Waals surface area contributed by atoms with Gasteiger partial charge in [-0.3, -0.25) is 4.98 Å². The molecule has 6 heteroatoms. The van der Waals surface area contributed by atoms with Crippen molar-refractivity contribution in [1.29, 1.82) is 0 Å². The zero-order chi connectivity index (χ0) is 18.1. The fraction of sp³-hybridized carbons (Fsp3) is 0.0500. The normalized spacial score (nSPS) is 10.9. The van der Waals surface area contributed by atoms with Gasteiger partial charge in [0.1, 0.15) is 5.82 Å². The number of fused-ring (bicyclic) bond motifs is 1. The predicted octanol–water partition coefficient (Wildman–Crippen LogP) is 4.68. The third-order valence-corrected chi connectivity index (χ3v) is 4.11. The van der Waals surface area contributed by atoms with Gasteiger partial charge in [-0.15, -0.1) is 0 Å². The lowest BCUT2D eigenvalue weighted by atomic mass is 10.0. The fourth-order valence-corrected chi connectivity index (χ4v) is 2.86. The van der Waals surface area contributed by atoms with Crippen molar-refractivity contribution >= 4 is 16.7 Å². The molecule has 4 nitrogen and oxygen atoms in total. The number of nitrogens with one attached hydrogen (secondary N) is 1. The highest BCUT2D eigenvalue weighted by molar-refractivity contribution is 6.00. The van der Waals surface area contributed by atoms with Crippen molar-refractivity contribution < 1.29 is 8.78 Å². The Hall–Kier alpha value is -3.41. The molecular weight excluding hydrogens is 334 g/mol. The molecule has 1 N–H and O–H groups in total. The second-order valence-electron chi connectivity index (χ2n) is 5.72. The molecule has 0 fully saturated rings. The van der Waals surface area contributed by atoms with Crippen molar-refractivity contribution in [3.05, 3.63) is 72.6 Å². The number of benzene rings is 2. The molecule has 0 radical (unpaired) electrons. The first kappa shape index (κ1) is 16.1. The molecule has 0 aliphatic rings. The van der Waals surface area contributed by atoms with Crippen LogP contribution in [0.3, 0.4) is 0 Å². The summed E-state index contributed by atoms with van der Waals surface area (Å²) in [6, 6.07) is 13.1. The van der Waals surface area contributed by atoms with E-state index in [0.29, 0.717) is 28.3 Å². The maximum atomic E-state index is 13.7. The van der Waals surface area contributed by atoms with Crippen LogP contribution in [0.1, 0.15) is 0 Å². The second-order valence-corrected chi connectivity index (χ2v) is 5.72. The Balaban J connectivity index is 2.01. The van der Waals surface area contributed by atoms with Crippen molar-refractivity contribution in [3.63, 3.8) is 0 Å². The van der Waals surface area contributed by atoms with Gasteiger partial charge >= 0.3 is 0 Å². The van der Waals surface area contributed by atoms with Crippen LogP contribution in [0, 0.1) is 11.6 Å². The van der Waals surface area contributed by atoms with E-state index in [-0.39, 0.29) is 0 Å². The number of hydrogen-bond acceptors (Lipinski definition) is 4. The summed E-state index contributed by atoms with van der Waals surface area (Å²) in [4.78, 5) is 13.3. The molecule has 0 bridgehead atoms. The van der Waals surface area contributed by atoms with E-state index in [9.17, 15) is 8.78 Å². The largest absolute Gasteiger partial charge is 0.373 e. The lowest BCUT2D eigenvalue weighted by molar-refractivity contribution is 0.509. The standard InChI is InChI=1S/C20H14F2N4/c1-23-20-15-6-2-5-14(12-7-8-16(21)17(22)10-12)18(15)25-19(26-20)13-4-3-9-24-11-13/h2-11H,1H3,(H,23,25,26). The second kappa shape index (κ2) is 6.48. The molecule has 26 heavy (non-hydrogen) atoms. The van der Waals surface area contributed by atoms with Crippen LogP contribution in [0.15, 0.2) is 60.9 Å². The number of halogens is 2. The molecule has 0 unspecified atom stereocenters. The lowest BCUT2D eigenvalue weighted by Crippen LogP contribution is -2.00. The van der Waals surface area contributed by atoms with E-state index in [1.807, 2.05) is 30.3 Å². The lowest BCUT2D eigenvalue weighted by Gasteiger charge is -2.12. The zero-order valence-electron chi connectivity index (χ0n) is 13.9. The van der Waals surface area contributed by atoms with Gasteiger partial charge in [0.05, 0.1) is 5.52 Å². The van der Waals surface area contributed by atoms with Crippen LogP contribution >= 0.6 is 0 Å². The molecule has 0 aliphatic carbocycles. The smallest absolute Gasteiger partial charge is 0.163 e. The van der Waals surface area contributed by atoms with E-state index in [1.54, 1.807) is 19.4 Å². The van der Waals surface area contributed by atoms with Crippen molar-refractivity contribution in [3.8, 4) is 22.5 Å². The fourth-order valence-electron chi connectivity index (χ4n) is 2.86. The molecule has 2 aromatic carbocycles. The van der Waals surface area contributed by atoms with E-state index in [1.165, 1.54) is 12.1 Å². The quantitative estimate of drug-likeness (QED) is 0.584. The summed E-state index contributed by atoms with van der Waals surface area (Å²) in [5, 5.41) is 3.87. The van der Waals surface area contributed by atoms with Crippen molar-refractivity contribution in [2.75, 3.05) is 12.4 Å². The number of para-hydroxylation sites is 1. The third kappa shape index (κ3) is 2.75. The van der Waals surface area contributed by atoms with E-state index in [4.69, 9.17) is 0 Å². The molecule has 2 aromatic heterocycles. The molecule has 0 spiro atoms. The number of anilines is 1. The van der Waals surface area contributed by atoms with E-state index in [0.717, 1.165) is 17.0 Å². The van der Waals surface area contributed by atoms with Crippen LogP contribution in [0.4, 0.5) is 14.6 Å². The highest BCUT2D eigenvalue weighted by Gasteiger charge is 2.14. The van der Waals surface area contributed by atoms with Crippen molar-refractivity contribution in [2.24, 2.45) is 0 Å². The minimum absolute atomic E-state index is 0.505. The summed E-state index contributed by atoms with van der Waals surface area (Å²) < 4.78 is 27.0. The SMILES string of the molecule is CNc1nc(-c2cccnc2)nc2c(-c3ccc(F)c(F)c3)cccc12. The monoisotopic (exact) mass is 348 g/mol. The summed E-state index contributed by atoms with van der Waals surface area (Å²) in [5.74, 6) is -0.617. The Morgan fingerprint density at radius 2 is 1.77 bits per heavy atom. The van der Waals surface area contributed by atoms with Crippen molar-refractivity contribution in [2.45, 2.75) is 0 Å². The number of pyridine rings is 1. The van der Waals surface area contributed by atoms with Gasteiger partial charge in [-0.05, 0) is 35.9 Å². The zero-order valence-corrected chi connectivity index (χ0v) is 13.9. The maximum Gasteiger partial charge on any atom is 0.163 e. The topological polar surface area (TPSA) is 50.7 Å². The average Bonchev–Trinajstić information content (AvgIpc) is 2.69. The molecule has 0 amide bonds. The van der Waals surface area contributed by atoms with Crippen LogP contribution in [0.5, 0.6) is 0 Å². The number of hydrogen-bond donors (Lipinski definition) is 1. The molecule has 4 rings (SSSR count). The summed E-state index contributed by atoms with van der Waals surface area (Å²) in [5.41, 5.74) is 2.67. The van der Waals surface area contributed by atoms with E-state index < -0.39 is 11.6 Å². The first-order chi connectivity index (χ1) is 12.7. The minimum atomic E-state index is -0.894. The van der Waals surface area contributed by atoms with Crippen LogP contribution in [-0.4, -0.2) is 22.0 Å². The third-order valence-electron chi connectivity index (χ3n) is 4.11. The minimum Gasteiger partial charge on any atom is -0.373 e. The number of nitrogens with zero attached hydrogens (tertiary/aromatic N) is 3. The molecule has 2 heterocycles. The summed E-state index contributed by atoms with van der Waals surface area (Å²) in [6.45, 7) is 0. The first-order valence-corrected chi connectivity index (χ1v) is 8.01. The van der Waals surface area contributed by atoms with Gasteiger partial charge in [-0.25, -0.2) is 18.7 Å². The van der Waals surface area contributed by atoms with E-state index in [2.05, 4.69) is 20.3 Å². The molecule has 0 atom stereocenters. The molecular formula is C20H14F2N4. The van der Waals surface area contributed by atoms with Gasteiger partial charge in [0.2, 0.25) is 0 Å². The van der Waals surface area contributed by atoms with Crippen LogP contribution in [0.2, 0.25) is 0 Å². The Morgan fingerprint density at radius 3 is 2.50 bits per heavy atom. The summed E-state index contributed by atoms with van der Waals surface area (Å²) in [7, 11) is 1.78. The Labute approximate surface area is 148 Å². The van der Waals surface area contributed by atoms with Crippen LogP contribution in [0.25, 0.3) is 33.4 Å². The average molecular weight is 348 g/mol. The molecule has 0 saturated carbocycles. The van der Waals surface area contributed by atoms with Gasteiger partial charge in [0.15, 0.2) is 17.5 Å². The van der Waals surface area contributed by atoms with Gasteiger partial charge in [-0.2, -0.15) is 0 Å². The Kier molecular flexibility index (Phi) is 4.01. The van der Waals surface area contributed by atoms with Gasteiger partial charge in [-0.1, -0.05) is 18.2 Å². The van der Waals surface area contributed by atoms with Gasteiger partial charge < -0.3 is 5.32 Å². The highest BCUT2D eigenvalue weighted by Crippen LogP contribution is 2.32. The summed E-state index contributed by atoms with van der Waals surface area (Å²) in [6.07, 6.45) is 3.36. The Morgan fingerprint density at radius 1 is 0.885 bits per heavy atom. The number of aromatic nitrogens is 3. The Bertz CT molecular complexity index is 1100. The van der Waals surface area contributed by atoms with Crippen molar-refractivity contribution in [1.82, 2.24) is 15.0 Å². The van der Waals surface area contributed by atoms with Gasteiger partial charge in [0.25, 0.3) is 0 Å². The predicted molar refractivity (Wildman–Crippen MR) is 97.7 cm³/mol. The van der Waals surface area contributed by atoms with Crippen LogP contribution in [-0.2, 0) is 0 Å². The molecule has 4 aromatic rings.